The molecule has 0 aliphatic carbocycles. The highest BCUT2D eigenvalue weighted by atomic mass is 15.4. The number of hydrogen-bond donors (Lipinski definition) is 1. The average molecular weight is 353 g/mol. The summed E-state index contributed by atoms with van der Waals surface area (Å²) in [6, 6.07) is 17.7. The van der Waals surface area contributed by atoms with Gasteiger partial charge in [-0.1, -0.05) is 23.4 Å². The number of pyridine rings is 3. The topological polar surface area (TPSA) is 95.4 Å². The van der Waals surface area contributed by atoms with E-state index >= 15 is 0 Å². The van der Waals surface area contributed by atoms with E-state index in [4.69, 9.17) is 10.7 Å². The van der Waals surface area contributed by atoms with Gasteiger partial charge in [0.15, 0.2) is 5.65 Å². The van der Waals surface area contributed by atoms with Gasteiger partial charge in [0, 0.05) is 23.3 Å². The summed E-state index contributed by atoms with van der Waals surface area (Å²) in [5, 5.41) is 9.60. The Kier molecular flexibility index (Phi) is 3.50. The molecule has 0 atom stereocenters. The smallest absolute Gasteiger partial charge is 0.179 e. The van der Waals surface area contributed by atoms with Gasteiger partial charge in [-0.25, -0.2) is 14.6 Å². The summed E-state index contributed by atoms with van der Waals surface area (Å²) in [6.45, 7) is 0.569. The minimum Gasteiger partial charge on any atom is -0.384 e. The Morgan fingerprint density at radius 2 is 1.89 bits per heavy atom. The summed E-state index contributed by atoms with van der Waals surface area (Å²) in [6.07, 6.45) is 3.51. The van der Waals surface area contributed by atoms with Crippen LogP contribution in [0.15, 0.2) is 67.0 Å². The van der Waals surface area contributed by atoms with Crippen LogP contribution in [0.4, 0.5) is 5.82 Å². The molecule has 7 nitrogen and oxygen atoms in total. The van der Waals surface area contributed by atoms with Crippen LogP contribution in [0.3, 0.4) is 0 Å². The van der Waals surface area contributed by atoms with Gasteiger partial charge < -0.3 is 5.73 Å². The van der Waals surface area contributed by atoms with Crippen LogP contribution in [0.2, 0.25) is 0 Å². The van der Waals surface area contributed by atoms with E-state index in [0.29, 0.717) is 12.4 Å². The third-order valence-electron chi connectivity index (χ3n) is 4.44. The fraction of sp³-hybridized carbons (Fsp3) is 0.0500. The first kappa shape index (κ1) is 15.4. The molecule has 0 amide bonds. The predicted octanol–water partition coefficient (Wildman–Crippen LogP) is 3.07. The Bertz CT molecular complexity index is 1260. The largest absolute Gasteiger partial charge is 0.384 e. The van der Waals surface area contributed by atoms with E-state index in [1.807, 2.05) is 30.3 Å². The van der Waals surface area contributed by atoms with Gasteiger partial charge in [0.1, 0.15) is 11.3 Å². The lowest BCUT2D eigenvalue weighted by Gasteiger charge is -2.05. The highest BCUT2D eigenvalue weighted by Gasteiger charge is 2.10. The van der Waals surface area contributed by atoms with Crippen LogP contribution in [0.5, 0.6) is 0 Å². The van der Waals surface area contributed by atoms with Crippen LogP contribution in [0, 0.1) is 0 Å². The highest BCUT2D eigenvalue weighted by Crippen LogP contribution is 2.21. The molecule has 0 spiro atoms. The molecule has 2 N–H and O–H groups in total. The SMILES string of the molecule is Nc1ccc(-c2ccc3nnn(Cc4ccc5cccnc5c4)c3n2)cn1. The zero-order valence-electron chi connectivity index (χ0n) is 14.3. The lowest BCUT2D eigenvalue weighted by molar-refractivity contribution is 0.664. The third-order valence-corrected chi connectivity index (χ3v) is 4.44. The molecule has 0 saturated carbocycles. The maximum Gasteiger partial charge on any atom is 0.179 e. The molecule has 5 rings (SSSR count). The number of benzene rings is 1. The molecule has 130 valence electrons. The minimum atomic E-state index is 0.483. The second-order valence-corrected chi connectivity index (χ2v) is 6.29. The van der Waals surface area contributed by atoms with Crippen LogP contribution in [0.25, 0.3) is 33.3 Å². The fourth-order valence-corrected chi connectivity index (χ4v) is 3.06. The van der Waals surface area contributed by atoms with Crippen LogP contribution < -0.4 is 5.73 Å². The zero-order chi connectivity index (χ0) is 18.2. The maximum absolute atomic E-state index is 5.67. The first-order valence-electron chi connectivity index (χ1n) is 8.52. The van der Waals surface area contributed by atoms with E-state index in [1.165, 1.54) is 0 Å². The number of rotatable bonds is 3. The Balaban J connectivity index is 1.54. The van der Waals surface area contributed by atoms with Gasteiger partial charge in [0.2, 0.25) is 0 Å². The molecule has 0 radical (unpaired) electrons. The maximum atomic E-state index is 5.67. The van der Waals surface area contributed by atoms with Crippen molar-refractivity contribution in [1.82, 2.24) is 29.9 Å². The van der Waals surface area contributed by atoms with Crippen molar-refractivity contribution in [3.05, 3.63) is 72.6 Å². The average Bonchev–Trinajstić information content (AvgIpc) is 3.10. The van der Waals surface area contributed by atoms with Crippen molar-refractivity contribution in [2.45, 2.75) is 6.54 Å². The van der Waals surface area contributed by atoms with Crippen molar-refractivity contribution in [1.29, 1.82) is 0 Å². The van der Waals surface area contributed by atoms with Gasteiger partial charge in [-0.2, -0.15) is 0 Å². The van der Waals surface area contributed by atoms with Gasteiger partial charge in [-0.05, 0) is 42.0 Å². The molecule has 0 unspecified atom stereocenters. The van der Waals surface area contributed by atoms with Gasteiger partial charge >= 0.3 is 0 Å². The predicted molar refractivity (Wildman–Crippen MR) is 104 cm³/mol. The quantitative estimate of drug-likeness (QED) is 0.535. The summed E-state index contributed by atoms with van der Waals surface area (Å²) in [5.41, 5.74) is 10.9. The Morgan fingerprint density at radius 1 is 0.926 bits per heavy atom. The van der Waals surface area contributed by atoms with Crippen molar-refractivity contribution in [3.8, 4) is 11.3 Å². The van der Waals surface area contributed by atoms with Gasteiger partial charge in [-0.15, -0.1) is 5.10 Å². The van der Waals surface area contributed by atoms with Gasteiger partial charge in [0.25, 0.3) is 0 Å². The van der Waals surface area contributed by atoms with Crippen molar-refractivity contribution in [2.24, 2.45) is 0 Å². The van der Waals surface area contributed by atoms with E-state index in [1.54, 1.807) is 23.1 Å². The second kappa shape index (κ2) is 6.14. The summed E-state index contributed by atoms with van der Waals surface area (Å²) >= 11 is 0. The number of nitrogens with two attached hydrogens (primary N) is 1. The van der Waals surface area contributed by atoms with Crippen LogP contribution in [-0.2, 0) is 6.54 Å². The first-order valence-corrected chi connectivity index (χ1v) is 8.52. The standard InChI is InChI=1S/C20H15N7/c21-19-8-5-15(11-23-19)16-6-7-17-20(24-16)27(26-25-17)12-13-3-4-14-2-1-9-22-18(14)10-13/h1-11H,12H2,(H2,21,23). The molecule has 4 aromatic heterocycles. The third kappa shape index (κ3) is 2.85. The molecule has 5 aromatic rings. The summed E-state index contributed by atoms with van der Waals surface area (Å²) in [4.78, 5) is 13.3. The monoisotopic (exact) mass is 353 g/mol. The molecule has 0 aliphatic heterocycles. The molecule has 7 heteroatoms. The van der Waals surface area contributed by atoms with E-state index in [9.17, 15) is 0 Å². The minimum absolute atomic E-state index is 0.483. The highest BCUT2D eigenvalue weighted by molar-refractivity contribution is 5.79. The lowest BCUT2D eigenvalue weighted by atomic mass is 10.1. The Hall–Kier alpha value is -3.87. The van der Waals surface area contributed by atoms with Crippen LogP contribution >= 0.6 is 0 Å². The summed E-state index contributed by atoms with van der Waals surface area (Å²) < 4.78 is 1.80. The molecular weight excluding hydrogens is 338 g/mol. The zero-order valence-corrected chi connectivity index (χ0v) is 14.3. The Morgan fingerprint density at radius 3 is 2.78 bits per heavy atom. The number of nitrogen functional groups attached to an aromatic ring is 1. The number of anilines is 1. The number of hydrogen-bond acceptors (Lipinski definition) is 6. The summed E-state index contributed by atoms with van der Waals surface area (Å²) in [7, 11) is 0. The van der Waals surface area contributed by atoms with Gasteiger partial charge in [-0.3, -0.25) is 4.98 Å². The normalized spacial score (nSPS) is 11.3. The molecule has 0 fully saturated rings. The number of fused-ring (bicyclic) bond motifs is 2. The lowest BCUT2D eigenvalue weighted by Crippen LogP contribution is -2.03. The molecule has 1 aromatic carbocycles. The number of nitrogens with zero attached hydrogens (tertiary/aromatic N) is 6. The number of aromatic nitrogens is 6. The molecule has 0 aliphatic rings. The van der Waals surface area contributed by atoms with Crippen molar-refractivity contribution in [3.63, 3.8) is 0 Å². The van der Waals surface area contributed by atoms with E-state index in [2.05, 4.69) is 38.5 Å². The summed E-state index contributed by atoms with van der Waals surface area (Å²) in [5.74, 6) is 0.483. The van der Waals surface area contributed by atoms with Crippen molar-refractivity contribution >= 4 is 27.9 Å². The van der Waals surface area contributed by atoms with Crippen molar-refractivity contribution < 1.29 is 0 Å². The van der Waals surface area contributed by atoms with E-state index in [0.717, 1.165) is 38.9 Å². The molecule has 0 saturated heterocycles. The fourth-order valence-electron chi connectivity index (χ4n) is 3.06. The Labute approximate surface area is 154 Å². The first-order chi connectivity index (χ1) is 13.3. The van der Waals surface area contributed by atoms with E-state index in [-0.39, 0.29) is 0 Å². The molecule has 4 heterocycles. The second-order valence-electron chi connectivity index (χ2n) is 6.29. The van der Waals surface area contributed by atoms with Crippen molar-refractivity contribution in [2.75, 3.05) is 5.73 Å². The van der Waals surface area contributed by atoms with E-state index < -0.39 is 0 Å². The molecule has 0 bridgehead atoms. The molecule has 27 heavy (non-hydrogen) atoms. The van der Waals surface area contributed by atoms with Gasteiger partial charge in [0.05, 0.1) is 17.8 Å². The molecular formula is C20H15N7. The van der Waals surface area contributed by atoms with Crippen LogP contribution in [0.1, 0.15) is 5.56 Å². The van der Waals surface area contributed by atoms with Crippen LogP contribution in [-0.4, -0.2) is 29.9 Å².